The largest absolute Gasteiger partial charge is 0.369 e. The van der Waals surface area contributed by atoms with Crippen molar-refractivity contribution in [1.29, 1.82) is 0 Å². The van der Waals surface area contributed by atoms with Crippen LogP contribution in [0, 0.1) is 12.3 Å². The van der Waals surface area contributed by atoms with Gasteiger partial charge in [0.2, 0.25) is 0 Å². The van der Waals surface area contributed by atoms with E-state index in [1.165, 1.54) is 5.69 Å². The van der Waals surface area contributed by atoms with Gasteiger partial charge in [0, 0.05) is 31.9 Å². The Hall–Kier alpha value is -1.42. The monoisotopic (exact) mass is 384 g/mol. The minimum Gasteiger partial charge on any atom is -0.369 e. The number of halogens is 1. The summed E-state index contributed by atoms with van der Waals surface area (Å²) in [4.78, 5) is 6.55. The Morgan fingerprint density at radius 1 is 1.45 bits per heavy atom. The van der Waals surface area contributed by atoms with Gasteiger partial charge < -0.3 is 15.5 Å². The summed E-state index contributed by atoms with van der Waals surface area (Å²) < 4.78 is 0. The third kappa shape index (κ3) is 4.60. The zero-order chi connectivity index (χ0) is 13.5. The van der Waals surface area contributed by atoms with Gasteiger partial charge in [0.25, 0.3) is 0 Å². The zero-order valence-electron chi connectivity index (χ0n) is 11.7. The van der Waals surface area contributed by atoms with Gasteiger partial charge in [-0.2, -0.15) is 0 Å². The van der Waals surface area contributed by atoms with Gasteiger partial charge in [-0.05, 0) is 18.6 Å². The molecule has 2 N–H and O–H groups in total. The first-order valence-corrected chi connectivity index (χ1v) is 6.54. The molecule has 0 amide bonds. The molecule has 0 aromatic heterocycles. The van der Waals surface area contributed by atoms with Gasteiger partial charge in [0.05, 0.1) is 6.54 Å². The van der Waals surface area contributed by atoms with E-state index in [-0.39, 0.29) is 24.0 Å². The summed E-state index contributed by atoms with van der Waals surface area (Å²) in [5, 5.41) is 6.49. The Balaban J connectivity index is 0.00000200. The summed E-state index contributed by atoms with van der Waals surface area (Å²) in [5.41, 5.74) is 1.28. The number of anilines is 1. The van der Waals surface area contributed by atoms with Crippen molar-refractivity contribution < 1.29 is 0 Å². The molecule has 0 bridgehead atoms. The molecule has 1 heterocycles. The number of hydrogen-bond donors (Lipinski definition) is 2. The predicted octanol–water partition coefficient (Wildman–Crippen LogP) is 1.68. The van der Waals surface area contributed by atoms with Crippen molar-refractivity contribution in [2.75, 3.05) is 31.6 Å². The van der Waals surface area contributed by atoms with Crippen LogP contribution in [0.15, 0.2) is 35.3 Å². The normalized spacial score (nSPS) is 18.1. The molecular formula is C15H21IN4. The zero-order valence-corrected chi connectivity index (χ0v) is 14.0. The van der Waals surface area contributed by atoms with Crippen molar-refractivity contribution in [2.24, 2.45) is 4.99 Å². The second-order valence-corrected chi connectivity index (χ2v) is 4.54. The van der Waals surface area contributed by atoms with Crippen molar-refractivity contribution >= 4 is 35.6 Å². The number of hydrogen-bond acceptors (Lipinski definition) is 2. The van der Waals surface area contributed by atoms with E-state index in [4.69, 9.17) is 6.42 Å². The Bertz CT molecular complexity index is 467. The van der Waals surface area contributed by atoms with Crippen molar-refractivity contribution in [3.8, 4) is 12.3 Å². The van der Waals surface area contributed by atoms with Gasteiger partial charge in [0.15, 0.2) is 5.96 Å². The van der Waals surface area contributed by atoms with E-state index in [9.17, 15) is 0 Å². The second kappa shape index (κ2) is 8.69. The van der Waals surface area contributed by atoms with Gasteiger partial charge in [-0.3, -0.25) is 4.99 Å². The van der Waals surface area contributed by atoms with Gasteiger partial charge in [-0.25, -0.2) is 0 Å². The SMILES string of the molecule is C#CCNC(=NC)NC1CCN(c2ccccc2)C1.I. The highest BCUT2D eigenvalue weighted by Gasteiger charge is 2.23. The number of nitrogens with one attached hydrogen (secondary N) is 2. The van der Waals surface area contributed by atoms with Crippen LogP contribution >= 0.6 is 24.0 Å². The molecule has 1 aromatic rings. The first-order valence-electron chi connectivity index (χ1n) is 6.54. The lowest BCUT2D eigenvalue weighted by Crippen LogP contribution is -2.44. The predicted molar refractivity (Wildman–Crippen MR) is 95.8 cm³/mol. The molecule has 0 radical (unpaired) electrons. The molecule has 0 aliphatic carbocycles. The van der Waals surface area contributed by atoms with Crippen molar-refractivity contribution in [1.82, 2.24) is 10.6 Å². The first-order chi connectivity index (χ1) is 9.33. The molecule has 1 atom stereocenters. The average molecular weight is 384 g/mol. The molecule has 108 valence electrons. The summed E-state index contributed by atoms with van der Waals surface area (Å²) in [6.45, 7) is 2.55. The van der Waals surface area contributed by atoms with Crippen molar-refractivity contribution in [3.63, 3.8) is 0 Å². The Morgan fingerprint density at radius 2 is 2.20 bits per heavy atom. The maximum Gasteiger partial charge on any atom is 0.192 e. The van der Waals surface area contributed by atoms with Crippen LogP contribution < -0.4 is 15.5 Å². The molecule has 20 heavy (non-hydrogen) atoms. The highest BCUT2D eigenvalue weighted by Crippen LogP contribution is 2.19. The molecule has 0 saturated carbocycles. The van der Waals surface area contributed by atoms with Crippen molar-refractivity contribution in [3.05, 3.63) is 30.3 Å². The smallest absolute Gasteiger partial charge is 0.192 e. The fraction of sp³-hybridized carbons (Fsp3) is 0.400. The van der Waals surface area contributed by atoms with E-state index in [1.807, 2.05) is 6.07 Å². The number of nitrogens with zero attached hydrogens (tertiary/aromatic N) is 2. The lowest BCUT2D eigenvalue weighted by molar-refractivity contribution is 0.655. The van der Waals surface area contributed by atoms with E-state index in [2.05, 4.69) is 50.7 Å². The van der Waals surface area contributed by atoms with Crippen LogP contribution in [0.4, 0.5) is 5.69 Å². The van der Waals surface area contributed by atoms with Gasteiger partial charge in [-0.1, -0.05) is 24.1 Å². The summed E-state index contributed by atoms with van der Waals surface area (Å²) in [7, 11) is 1.76. The molecule has 1 aromatic carbocycles. The Labute approximate surface area is 138 Å². The Kier molecular flexibility index (Phi) is 7.23. The molecule has 4 nitrogen and oxygen atoms in total. The maximum absolute atomic E-state index is 5.23. The lowest BCUT2D eigenvalue weighted by Gasteiger charge is -2.20. The van der Waals surface area contributed by atoms with E-state index in [0.29, 0.717) is 12.6 Å². The van der Waals surface area contributed by atoms with Gasteiger partial charge in [-0.15, -0.1) is 30.4 Å². The maximum atomic E-state index is 5.23. The van der Waals surface area contributed by atoms with Crippen LogP contribution in [-0.2, 0) is 0 Å². The fourth-order valence-corrected chi connectivity index (χ4v) is 2.27. The highest BCUT2D eigenvalue weighted by molar-refractivity contribution is 14.0. The molecule has 1 fully saturated rings. The Morgan fingerprint density at radius 3 is 2.85 bits per heavy atom. The van der Waals surface area contributed by atoms with Crippen LogP contribution in [0.2, 0.25) is 0 Å². The molecule has 1 saturated heterocycles. The fourth-order valence-electron chi connectivity index (χ4n) is 2.27. The second-order valence-electron chi connectivity index (χ2n) is 4.54. The molecular weight excluding hydrogens is 363 g/mol. The standard InChI is InChI=1S/C15H20N4.HI/c1-3-10-17-15(16-2)18-13-9-11-19(12-13)14-7-5-4-6-8-14;/h1,4-8,13H,9-12H2,2H3,(H2,16,17,18);1H. The minimum atomic E-state index is 0. The van der Waals surface area contributed by atoms with Crippen LogP contribution in [0.1, 0.15) is 6.42 Å². The summed E-state index contributed by atoms with van der Waals surface area (Å²) >= 11 is 0. The number of terminal acetylenes is 1. The molecule has 1 aliphatic heterocycles. The third-order valence-electron chi connectivity index (χ3n) is 3.23. The quantitative estimate of drug-likeness (QED) is 0.361. The molecule has 5 heteroatoms. The molecule has 1 aliphatic rings. The number of benzene rings is 1. The summed E-state index contributed by atoms with van der Waals surface area (Å²) in [6, 6.07) is 10.9. The number of aliphatic imine (C=N–C) groups is 1. The summed E-state index contributed by atoms with van der Waals surface area (Å²) in [6.07, 6.45) is 6.34. The number of rotatable bonds is 3. The first kappa shape index (κ1) is 16.6. The van der Waals surface area contributed by atoms with E-state index >= 15 is 0 Å². The summed E-state index contributed by atoms with van der Waals surface area (Å²) in [5.74, 6) is 3.33. The third-order valence-corrected chi connectivity index (χ3v) is 3.23. The van der Waals surface area contributed by atoms with E-state index in [0.717, 1.165) is 25.5 Å². The van der Waals surface area contributed by atoms with Crippen LogP contribution in [-0.4, -0.2) is 38.7 Å². The van der Waals surface area contributed by atoms with E-state index < -0.39 is 0 Å². The highest BCUT2D eigenvalue weighted by atomic mass is 127. The van der Waals surface area contributed by atoms with Crippen molar-refractivity contribution in [2.45, 2.75) is 12.5 Å². The minimum absolute atomic E-state index is 0. The van der Waals surface area contributed by atoms with Gasteiger partial charge >= 0.3 is 0 Å². The van der Waals surface area contributed by atoms with Crippen LogP contribution in [0.3, 0.4) is 0 Å². The molecule has 1 unspecified atom stereocenters. The van der Waals surface area contributed by atoms with Crippen LogP contribution in [0.25, 0.3) is 0 Å². The molecule has 2 rings (SSSR count). The van der Waals surface area contributed by atoms with E-state index in [1.54, 1.807) is 7.05 Å². The topological polar surface area (TPSA) is 39.7 Å². The van der Waals surface area contributed by atoms with Gasteiger partial charge in [0.1, 0.15) is 0 Å². The lowest BCUT2D eigenvalue weighted by atomic mass is 10.3. The number of guanidine groups is 1. The van der Waals surface area contributed by atoms with Crippen LogP contribution in [0.5, 0.6) is 0 Å². The molecule has 0 spiro atoms. The average Bonchev–Trinajstić information content (AvgIpc) is 2.93. The number of para-hydroxylation sites is 1.